The first-order valence-corrected chi connectivity index (χ1v) is 5.69. The van der Waals surface area contributed by atoms with Crippen molar-refractivity contribution in [1.29, 1.82) is 0 Å². The van der Waals surface area contributed by atoms with Crippen LogP contribution in [0, 0.1) is 10.1 Å². The third-order valence-corrected chi connectivity index (χ3v) is 2.55. The van der Waals surface area contributed by atoms with Crippen molar-refractivity contribution in [2.75, 3.05) is 6.61 Å². The van der Waals surface area contributed by atoms with Gasteiger partial charge in [-0.25, -0.2) is 4.79 Å². The Morgan fingerprint density at radius 1 is 1.56 bits per heavy atom. The number of hydrogen-bond acceptors (Lipinski definition) is 4. The van der Waals surface area contributed by atoms with Crippen LogP contribution in [0.5, 0.6) is 0 Å². The molecule has 0 saturated carbocycles. The molecule has 0 N–H and O–H groups in total. The second-order valence-electron chi connectivity index (χ2n) is 3.18. The molecule has 0 aliphatic carbocycles. The van der Waals surface area contributed by atoms with Crippen LogP contribution in [0.3, 0.4) is 0 Å². The Balaban J connectivity index is 3.09. The first-order chi connectivity index (χ1) is 8.45. The Kier molecular flexibility index (Phi) is 5.12. The number of non-ortho nitro benzene ring substituents is 1. The summed E-state index contributed by atoms with van der Waals surface area (Å²) in [6.07, 6.45) is 1.23. The molecule has 0 radical (unpaired) electrons. The van der Waals surface area contributed by atoms with Gasteiger partial charge in [-0.1, -0.05) is 23.2 Å². The normalized spacial score (nSPS) is 11.2. The number of nitro groups is 1. The number of carbonyl (C=O) groups is 1. The summed E-state index contributed by atoms with van der Waals surface area (Å²) in [5.41, 5.74) is 0.142. The van der Waals surface area contributed by atoms with Gasteiger partial charge in [0, 0.05) is 22.7 Å². The van der Waals surface area contributed by atoms with Gasteiger partial charge in [0.25, 0.3) is 5.69 Å². The molecule has 1 aromatic rings. The van der Waals surface area contributed by atoms with E-state index in [1.54, 1.807) is 6.92 Å². The average Bonchev–Trinajstić information content (AvgIpc) is 2.31. The Labute approximate surface area is 113 Å². The van der Waals surface area contributed by atoms with Crippen molar-refractivity contribution in [1.82, 2.24) is 0 Å². The summed E-state index contributed by atoms with van der Waals surface area (Å²) in [6, 6.07) is 3.85. The van der Waals surface area contributed by atoms with E-state index in [0.717, 1.165) is 0 Å². The van der Waals surface area contributed by atoms with E-state index in [-0.39, 0.29) is 27.9 Å². The van der Waals surface area contributed by atoms with Gasteiger partial charge in [0.15, 0.2) is 0 Å². The van der Waals surface area contributed by atoms with Crippen LogP contribution in [-0.2, 0) is 9.53 Å². The Hall–Kier alpha value is -1.59. The Morgan fingerprint density at radius 2 is 2.22 bits per heavy atom. The number of esters is 1. The van der Waals surface area contributed by atoms with Gasteiger partial charge in [0.1, 0.15) is 5.03 Å². The molecule has 0 saturated heterocycles. The summed E-state index contributed by atoms with van der Waals surface area (Å²) in [5.74, 6) is -0.707. The summed E-state index contributed by atoms with van der Waals surface area (Å²) in [7, 11) is 0. The number of carbonyl (C=O) groups excluding carboxylic acids is 1. The fraction of sp³-hybridized carbons (Fsp3) is 0.182. The van der Waals surface area contributed by atoms with Crippen LogP contribution in [0.25, 0.3) is 6.08 Å². The van der Waals surface area contributed by atoms with Gasteiger partial charge >= 0.3 is 5.97 Å². The fourth-order valence-corrected chi connectivity index (χ4v) is 1.50. The lowest BCUT2D eigenvalue weighted by atomic mass is 10.2. The van der Waals surface area contributed by atoms with Gasteiger partial charge in [-0.15, -0.1) is 0 Å². The molecule has 18 heavy (non-hydrogen) atoms. The van der Waals surface area contributed by atoms with E-state index in [9.17, 15) is 14.9 Å². The molecule has 0 aromatic heterocycles. The number of halogens is 2. The molecule has 0 unspecified atom stereocenters. The van der Waals surface area contributed by atoms with E-state index >= 15 is 0 Å². The minimum atomic E-state index is -0.707. The van der Waals surface area contributed by atoms with E-state index in [2.05, 4.69) is 4.74 Å². The van der Waals surface area contributed by atoms with Gasteiger partial charge < -0.3 is 4.74 Å². The standard InChI is InChI=1S/C11H9Cl2NO4/c1-2-18-11(15)10(13)6-7-5-8(14(16)17)3-4-9(7)12/h3-6H,2H2,1H3/b10-6-. The van der Waals surface area contributed by atoms with Gasteiger partial charge in [-0.3, -0.25) is 10.1 Å². The highest BCUT2D eigenvalue weighted by Gasteiger charge is 2.12. The summed E-state index contributed by atoms with van der Waals surface area (Å²) in [6.45, 7) is 1.83. The first-order valence-electron chi connectivity index (χ1n) is 4.94. The van der Waals surface area contributed by atoms with Gasteiger partial charge in [-0.2, -0.15) is 0 Å². The van der Waals surface area contributed by atoms with E-state index in [4.69, 9.17) is 23.2 Å². The number of nitrogens with zero attached hydrogens (tertiary/aromatic N) is 1. The van der Waals surface area contributed by atoms with E-state index < -0.39 is 10.9 Å². The van der Waals surface area contributed by atoms with Crippen molar-refractivity contribution in [3.8, 4) is 0 Å². The molecule has 0 atom stereocenters. The zero-order chi connectivity index (χ0) is 13.7. The van der Waals surface area contributed by atoms with Crippen LogP contribution in [0.4, 0.5) is 5.69 Å². The molecule has 0 aliphatic rings. The lowest BCUT2D eigenvalue weighted by Crippen LogP contribution is -2.03. The monoisotopic (exact) mass is 289 g/mol. The highest BCUT2D eigenvalue weighted by molar-refractivity contribution is 6.43. The van der Waals surface area contributed by atoms with Crippen LogP contribution >= 0.6 is 23.2 Å². The van der Waals surface area contributed by atoms with Crippen molar-refractivity contribution >= 4 is 40.9 Å². The maximum Gasteiger partial charge on any atom is 0.349 e. The number of rotatable bonds is 4. The lowest BCUT2D eigenvalue weighted by Gasteiger charge is -2.01. The van der Waals surface area contributed by atoms with Crippen LogP contribution < -0.4 is 0 Å². The van der Waals surface area contributed by atoms with Crippen molar-refractivity contribution in [2.24, 2.45) is 0 Å². The second-order valence-corrected chi connectivity index (χ2v) is 3.99. The fourth-order valence-electron chi connectivity index (χ4n) is 1.15. The lowest BCUT2D eigenvalue weighted by molar-refractivity contribution is -0.384. The number of nitro benzene ring substituents is 1. The number of ether oxygens (including phenoxy) is 1. The largest absolute Gasteiger partial charge is 0.462 e. The molecular weight excluding hydrogens is 281 g/mol. The highest BCUT2D eigenvalue weighted by atomic mass is 35.5. The quantitative estimate of drug-likeness (QED) is 0.369. The highest BCUT2D eigenvalue weighted by Crippen LogP contribution is 2.25. The molecule has 0 fully saturated rings. The topological polar surface area (TPSA) is 69.4 Å². The molecule has 1 rings (SSSR count). The van der Waals surface area contributed by atoms with Crippen LogP contribution in [-0.4, -0.2) is 17.5 Å². The molecule has 0 bridgehead atoms. The molecule has 7 heteroatoms. The average molecular weight is 290 g/mol. The van der Waals surface area contributed by atoms with Gasteiger partial charge in [0.2, 0.25) is 0 Å². The van der Waals surface area contributed by atoms with E-state index in [1.807, 2.05) is 0 Å². The minimum Gasteiger partial charge on any atom is -0.462 e. The minimum absolute atomic E-state index is 0.140. The van der Waals surface area contributed by atoms with Crippen molar-refractivity contribution in [3.05, 3.63) is 43.9 Å². The second kappa shape index (κ2) is 6.37. The molecule has 96 valence electrons. The zero-order valence-corrected chi connectivity index (χ0v) is 10.9. The maximum absolute atomic E-state index is 11.3. The van der Waals surface area contributed by atoms with Crippen LogP contribution in [0.15, 0.2) is 23.2 Å². The summed E-state index contributed by atoms with van der Waals surface area (Å²) >= 11 is 11.6. The van der Waals surface area contributed by atoms with Gasteiger partial charge in [-0.05, 0) is 19.1 Å². The van der Waals surface area contributed by atoms with E-state index in [1.165, 1.54) is 24.3 Å². The molecule has 0 heterocycles. The summed E-state index contributed by atoms with van der Waals surface area (Å²) < 4.78 is 4.68. The zero-order valence-electron chi connectivity index (χ0n) is 9.35. The first kappa shape index (κ1) is 14.5. The van der Waals surface area contributed by atoms with Crippen molar-refractivity contribution in [3.63, 3.8) is 0 Å². The third-order valence-electron chi connectivity index (χ3n) is 1.94. The maximum atomic E-state index is 11.3. The SMILES string of the molecule is CCOC(=O)/C(Cl)=C/c1cc([N+](=O)[O-])ccc1Cl. The Morgan fingerprint density at radius 3 is 2.78 bits per heavy atom. The van der Waals surface area contributed by atoms with E-state index in [0.29, 0.717) is 0 Å². The number of hydrogen-bond donors (Lipinski definition) is 0. The van der Waals surface area contributed by atoms with Crippen molar-refractivity contribution in [2.45, 2.75) is 6.92 Å². The van der Waals surface area contributed by atoms with Gasteiger partial charge in [0.05, 0.1) is 11.5 Å². The molecule has 5 nitrogen and oxygen atoms in total. The third kappa shape index (κ3) is 3.72. The molecule has 0 aliphatic heterocycles. The molecule has 0 spiro atoms. The summed E-state index contributed by atoms with van der Waals surface area (Å²) in [5, 5.41) is 10.7. The predicted molar refractivity (Wildman–Crippen MR) is 68.6 cm³/mol. The number of benzene rings is 1. The van der Waals surface area contributed by atoms with Crippen molar-refractivity contribution < 1.29 is 14.5 Å². The van der Waals surface area contributed by atoms with Crippen LogP contribution in [0.1, 0.15) is 12.5 Å². The molecule has 0 amide bonds. The molecular formula is C11H9Cl2NO4. The molecule has 1 aromatic carbocycles. The Bertz CT molecular complexity index is 514. The smallest absolute Gasteiger partial charge is 0.349 e. The summed E-state index contributed by atoms with van der Waals surface area (Å²) in [4.78, 5) is 21.3. The predicted octanol–water partition coefficient (Wildman–Crippen LogP) is 3.39. The van der Waals surface area contributed by atoms with Crippen LogP contribution in [0.2, 0.25) is 5.02 Å².